The molecule has 0 atom stereocenters. The molecule has 0 spiro atoms. The van der Waals surface area contributed by atoms with Crippen molar-refractivity contribution in [1.29, 1.82) is 0 Å². The van der Waals surface area contributed by atoms with E-state index >= 15 is 0 Å². The van der Waals surface area contributed by atoms with Crippen molar-refractivity contribution in [2.45, 2.75) is 13.8 Å². The van der Waals surface area contributed by atoms with Gasteiger partial charge in [0.2, 0.25) is 0 Å². The lowest BCUT2D eigenvalue weighted by Gasteiger charge is -2.03. The van der Waals surface area contributed by atoms with Gasteiger partial charge in [-0.05, 0) is 30.0 Å². The first-order valence-electron chi connectivity index (χ1n) is 4.86. The van der Waals surface area contributed by atoms with E-state index in [4.69, 9.17) is 0 Å². The Kier molecular flexibility index (Phi) is 5.55. The highest BCUT2D eigenvalue weighted by atomic mass is 79.9. The van der Waals surface area contributed by atoms with E-state index < -0.39 is 0 Å². The molecule has 0 aliphatic rings. The van der Waals surface area contributed by atoms with Crippen molar-refractivity contribution in [3.8, 4) is 0 Å². The molecule has 0 saturated heterocycles. The Hall–Kier alpha value is -0.810. The third kappa shape index (κ3) is 4.37. The largest absolute Gasteiger partial charge is 0.292 e. The predicted molar refractivity (Wildman–Crippen MR) is 74.0 cm³/mol. The normalized spacial score (nSPS) is 11.3. The van der Waals surface area contributed by atoms with Gasteiger partial charge in [-0.1, -0.05) is 22.9 Å². The summed E-state index contributed by atoms with van der Waals surface area (Å²) >= 11 is 4.79. The second-order valence-corrected chi connectivity index (χ2v) is 5.19. The number of halogens is 1. The number of hydrogen-bond acceptors (Lipinski definition) is 4. The second-order valence-electron chi connectivity index (χ2n) is 3.02. The SMILES string of the molecule is CCS/C(=N/Nc1ccc(Br)cc1)C(C)=O. The van der Waals surface area contributed by atoms with Gasteiger partial charge in [-0.25, -0.2) is 0 Å². The minimum absolute atomic E-state index is 0.0172. The molecule has 0 aliphatic heterocycles. The number of rotatable bonds is 4. The Morgan fingerprint density at radius 3 is 2.56 bits per heavy atom. The zero-order valence-electron chi connectivity index (χ0n) is 9.16. The molecule has 0 heterocycles. The molecule has 0 bridgehead atoms. The fraction of sp³-hybridized carbons (Fsp3) is 0.273. The van der Waals surface area contributed by atoms with E-state index in [0.717, 1.165) is 15.9 Å². The van der Waals surface area contributed by atoms with Gasteiger partial charge in [-0.3, -0.25) is 10.2 Å². The van der Waals surface area contributed by atoms with Crippen LogP contribution in [0.15, 0.2) is 33.8 Å². The fourth-order valence-electron chi connectivity index (χ4n) is 0.989. The smallest absolute Gasteiger partial charge is 0.186 e. The summed E-state index contributed by atoms with van der Waals surface area (Å²) in [7, 11) is 0. The van der Waals surface area contributed by atoms with Crippen molar-refractivity contribution in [3.63, 3.8) is 0 Å². The first-order valence-corrected chi connectivity index (χ1v) is 6.64. The summed E-state index contributed by atoms with van der Waals surface area (Å²) in [5, 5.41) is 4.58. The van der Waals surface area contributed by atoms with Crippen molar-refractivity contribution < 1.29 is 4.79 Å². The minimum atomic E-state index is -0.0172. The highest BCUT2D eigenvalue weighted by Crippen LogP contribution is 2.14. The molecule has 1 aromatic carbocycles. The Labute approximate surface area is 108 Å². The molecule has 0 aliphatic carbocycles. The predicted octanol–water partition coefficient (Wildman–Crippen LogP) is 3.52. The number of thioether (sulfide) groups is 1. The lowest BCUT2D eigenvalue weighted by atomic mass is 10.3. The molecule has 0 fully saturated rings. The van der Waals surface area contributed by atoms with Gasteiger partial charge in [0.05, 0.1) is 5.69 Å². The second kappa shape index (κ2) is 6.70. The summed E-state index contributed by atoms with van der Waals surface area (Å²) in [5.74, 6) is 0.817. The van der Waals surface area contributed by atoms with Crippen LogP contribution in [0.2, 0.25) is 0 Å². The van der Waals surface area contributed by atoms with Crippen LogP contribution in [0, 0.1) is 0 Å². The molecule has 1 rings (SSSR count). The number of carbonyl (C=O) groups excluding carboxylic acids is 1. The van der Waals surface area contributed by atoms with E-state index in [1.165, 1.54) is 18.7 Å². The molecule has 0 saturated carbocycles. The maximum Gasteiger partial charge on any atom is 0.186 e. The average Bonchev–Trinajstić information content (AvgIpc) is 2.26. The van der Waals surface area contributed by atoms with Gasteiger partial charge in [-0.15, -0.1) is 11.8 Å². The first-order chi connectivity index (χ1) is 7.63. The number of ketones is 1. The third-order valence-electron chi connectivity index (χ3n) is 1.71. The van der Waals surface area contributed by atoms with Crippen LogP contribution in [0.3, 0.4) is 0 Å². The van der Waals surface area contributed by atoms with Crippen molar-refractivity contribution in [3.05, 3.63) is 28.7 Å². The molecule has 1 N–H and O–H groups in total. The van der Waals surface area contributed by atoms with Crippen molar-refractivity contribution in [2.75, 3.05) is 11.2 Å². The molecular weight excluding hydrogens is 288 g/mol. The van der Waals surface area contributed by atoms with Crippen LogP contribution in [-0.4, -0.2) is 16.6 Å². The summed E-state index contributed by atoms with van der Waals surface area (Å²) in [6, 6.07) is 7.61. The van der Waals surface area contributed by atoms with Crippen LogP contribution >= 0.6 is 27.7 Å². The highest BCUT2D eigenvalue weighted by Gasteiger charge is 2.04. The zero-order chi connectivity index (χ0) is 12.0. The first kappa shape index (κ1) is 13.3. The fourth-order valence-corrected chi connectivity index (χ4v) is 1.84. The topological polar surface area (TPSA) is 41.5 Å². The third-order valence-corrected chi connectivity index (χ3v) is 3.18. The van der Waals surface area contributed by atoms with Gasteiger partial charge in [0, 0.05) is 11.4 Å². The summed E-state index contributed by atoms with van der Waals surface area (Å²) in [6.07, 6.45) is 0. The Balaban J connectivity index is 2.69. The van der Waals surface area contributed by atoms with Gasteiger partial charge in [-0.2, -0.15) is 5.10 Å². The van der Waals surface area contributed by atoms with E-state index in [9.17, 15) is 4.79 Å². The van der Waals surface area contributed by atoms with Crippen LogP contribution in [0.25, 0.3) is 0 Å². The van der Waals surface area contributed by atoms with E-state index in [0.29, 0.717) is 5.04 Å². The Morgan fingerprint density at radius 2 is 2.06 bits per heavy atom. The van der Waals surface area contributed by atoms with Crippen LogP contribution in [0.4, 0.5) is 5.69 Å². The summed E-state index contributed by atoms with van der Waals surface area (Å²) in [6.45, 7) is 3.51. The number of hydrazone groups is 1. The van der Waals surface area contributed by atoms with Gasteiger partial charge < -0.3 is 0 Å². The van der Waals surface area contributed by atoms with Gasteiger partial charge >= 0.3 is 0 Å². The highest BCUT2D eigenvalue weighted by molar-refractivity contribution is 9.10. The maximum absolute atomic E-state index is 11.2. The van der Waals surface area contributed by atoms with Crippen LogP contribution in [-0.2, 0) is 4.79 Å². The van der Waals surface area contributed by atoms with Crippen molar-refractivity contribution in [1.82, 2.24) is 0 Å². The molecule has 3 nitrogen and oxygen atoms in total. The average molecular weight is 301 g/mol. The van der Waals surface area contributed by atoms with E-state index in [1.54, 1.807) is 0 Å². The summed E-state index contributed by atoms with van der Waals surface area (Å²) in [4.78, 5) is 11.2. The number of Topliss-reactive ketones (excluding diaryl/α,β-unsaturated/α-hetero) is 1. The van der Waals surface area contributed by atoms with E-state index in [2.05, 4.69) is 26.5 Å². The summed E-state index contributed by atoms with van der Waals surface area (Å²) < 4.78 is 1.01. The monoisotopic (exact) mass is 300 g/mol. The standard InChI is InChI=1S/C11H13BrN2OS/c1-3-16-11(8(2)15)14-13-10-6-4-9(12)5-7-10/h4-7,13H,3H2,1-2H3/b14-11+. The van der Waals surface area contributed by atoms with Crippen LogP contribution in [0.5, 0.6) is 0 Å². The molecule has 1 aromatic rings. The van der Waals surface area contributed by atoms with Gasteiger partial charge in [0.1, 0.15) is 0 Å². The Bertz CT molecular complexity index is 389. The van der Waals surface area contributed by atoms with Gasteiger partial charge in [0.25, 0.3) is 0 Å². The number of benzene rings is 1. The molecule has 0 amide bonds. The maximum atomic E-state index is 11.2. The molecule has 16 heavy (non-hydrogen) atoms. The van der Waals surface area contributed by atoms with Crippen molar-refractivity contribution >= 4 is 44.2 Å². The van der Waals surface area contributed by atoms with Crippen LogP contribution < -0.4 is 5.43 Å². The Morgan fingerprint density at radius 1 is 1.44 bits per heavy atom. The molecular formula is C11H13BrN2OS. The van der Waals surface area contributed by atoms with E-state index in [-0.39, 0.29) is 5.78 Å². The number of nitrogens with zero attached hydrogens (tertiary/aromatic N) is 1. The quantitative estimate of drug-likeness (QED) is 0.525. The number of carbonyl (C=O) groups is 1. The van der Waals surface area contributed by atoms with E-state index in [1.807, 2.05) is 31.2 Å². The lowest BCUT2D eigenvalue weighted by molar-refractivity contribution is -0.110. The number of nitrogens with one attached hydrogen (secondary N) is 1. The molecule has 0 unspecified atom stereocenters. The summed E-state index contributed by atoms with van der Waals surface area (Å²) in [5.41, 5.74) is 3.72. The van der Waals surface area contributed by atoms with Crippen molar-refractivity contribution in [2.24, 2.45) is 5.10 Å². The minimum Gasteiger partial charge on any atom is -0.292 e. The molecule has 5 heteroatoms. The number of anilines is 1. The molecule has 0 aromatic heterocycles. The van der Waals surface area contributed by atoms with Crippen LogP contribution in [0.1, 0.15) is 13.8 Å². The molecule has 0 radical (unpaired) electrons. The number of hydrogen-bond donors (Lipinski definition) is 1. The lowest BCUT2D eigenvalue weighted by Crippen LogP contribution is -2.08. The zero-order valence-corrected chi connectivity index (χ0v) is 11.6. The molecule has 86 valence electrons. The van der Waals surface area contributed by atoms with Gasteiger partial charge in [0.15, 0.2) is 10.8 Å².